The number of aromatic carboxylic acids is 1. The van der Waals surface area contributed by atoms with Gasteiger partial charge in [0.2, 0.25) is 0 Å². The van der Waals surface area contributed by atoms with E-state index in [4.69, 9.17) is 5.11 Å². The molecule has 2 aromatic rings. The number of carbonyl (C=O) groups is 1. The minimum atomic E-state index is -1.12. The Kier molecular flexibility index (Phi) is 5.09. The van der Waals surface area contributed by atoms with Crippen LogP contribution in [0.15, 0.2) is 42.5 Å². The molecular weight excluding hydrogens is 267 g/mol. The average molecular weight is 286 g/mol. The molecule has 1 N–H and O–H groups in total. The third kappa shape index (κ3) is 3.91. The van der Waals surface area contributed by atoms with E-state index in [1.807, 2.05) is 24.3 Å². The lowest BCUT2D eigenvalue weighted by Crippen LogP contribution is -1.97. The Morgan fingerprint density at radius 3 is 2.38 bits per heavy atom. The van der Waals surface area contributed by atoms with Crippen molar-refractivity contribution in [3.63, 3.8) is 0 Å². The highest BCUT2D eigenvalue weighted by Gasteiger charge is 2.09. The van der Waals surface area contributed by atoms with E-state index in [-0.39, 0.29) is 5.56 Å². The van der Waals surface area contributed by atoms with Gasteiger partial charge in [-0.2, -0.15) is 0 Å². The monoisotopic (exact) mass is 286 g/mol. The Hall–Kier alpha value is -2.16. The van der Waals surface area contributed by atoms with Crippen molar-refractivity contribution in [2.45, 2.75) is 32.6 Å². The lowest BCUT2D eigenvalue weighted by atomic mass is 10.00. The molecule has 110 valence electrons. The fraction of sp³-hybridized carbons (Fsp3) is 0.278. The van der Waals surface area contributed by atoms with Crippen LogP contribution in [0.4, 0.5) is 4.39 Å². The predicted octanol–water partition coefficient (Wildman–Crippen LogP) is 4.92. The Bertz CT molecular complexity index is 618. The topological polar surface area (TPSA) is 37.3 Å². The molecule has 21 heavy (non-hydrogen) atoms. The highest BCUT2D eigenvalue weighted by atomic mass is 19.1. The molecule has 0 unspecified atom stereocenters. The lowest BCUT2D eigenvalue weighted by Gasteiger charge is -2.06. The lowest BCUT2D eigenvalue weighted by molar-refractivity contribution is 0.0696. The van der Waals surface area contributed by atoms with Crippen molar-refractivity contribution in [2.75, 3.05) is 0 Å². The van der Waals surface area contributed by atoms with Gasteiger partial charge in [-0.25, -0.2) is 9.18 Å². The molecule has 0 aromatic heterocycles. The Morgan fingerprint density at radius 2 is 1.81 bits per heavy atom. The largest absolute Gasteiger partial charge is 0.478 e. The first-order valence-electron chi connectivity index (χ1n) is 7.24. The summed E-state index contributed by atoms with van der Waals surface area (Å²) in [5.41, 5.74) is 2.41. The van der Waals surface area contributed by atoms with Gasteiger partial charge in [-0.1, -0.05) is 50.1 Å². The van der Waals surface area contributed by atoms with Crippen LogP contribution in [0.25, 0.3) is 11.1 Å². The molecule has 3 heteroatoms. The number of hydrogen-bond donors (Lipinski definition) is 1. The smallest absolute Gasteiger partial charge is 0.335 e. The van der Waals surface area contributed by atoms with Crippen LogP contribution in [0.5, 0.6) is 0 Å². The maximum atomic E-state index is 14.0. The normalized spacial score (nSPS) is 10.6. The first-order chi connectivity index (χ1) is 10.1. The second-order valence-corrected chi connectivity index (χ2v) is 5.15. The van der Waals surface area contributed by atoms with Crippen molar-refractivity contribution >= 4 is 5.97 Å². The van der Waals surface area contributed by atoms with E-state index < -0.39 is 11.8 Å². The van der Waals surface area contributed by atoms with Crippen molar-refractivity contribution in [3.8, 4) is 11.1 Å². The Morgan fingerprint density at radius 1 is 1.10 bits per heavy atom. The molecule has 0 atom stereocenters. The van der Waals surface area contributed by atoms with Crippen LogP contribution in [0.2, 0.25) is 0 Å². The maximum absolute atomic E-state index is 14.0. The summed E-state index contributed by atoms with van der Waals surface area (Å²) in [4.78, 5) is 10.8. The minimum Gasteiger partial charge on any atom is -0.478 e. The molecule has 2 aromatic carbocycles. The molecule has 2 rings (SSSR count). The molecule has 0 aliphatic rings. The van der Waals surface area contributed by atoms with Gasteiger partial charge in [0, 0.05) is 5.56 Å². The summed E-state index contributed by atoms with van der Waals surface area (Å²) in [7, 11) is 0. The summed E-state index contributed by atoms with van der Waals surface area (Å²) in [6, 6.07) is 11.8. The number of aryl methyl sites for hydroxylation is 1. The predicted molar refractivity (Wildman–Crippen MR) is 82.0 cm³/mol. The molecule has 0 aliphatic carbocycles. The average Bonchev–Trinajstić information content (AvgIpc) is 2.48. The van der Waals surface area contributed by atoms with Crippen molar-refractivity contribution in [1.29, 1.82) is 0 Å². The Balaban J connectivity index is 2.17. The number of benzene rings is 2. The number of rotatable bonds is 6. The molecule has 0 bridgehead atoms. The fourth-order valence-corrected chi connectivity index (χ4v) is 2.31. The van der Waals surface area contributed by atoms with Crippen molar-refractivity contribution in [3.05, 3.63) is 59.4 Å². The van der Waals surface area contributed by atoms with E-state index >= 15 is 0 Å². The zero-order chi connectivity index (χ0) is 15.2. The van der Waals surface area contributed by atoms with Gasteiger partial charge in [-0.15, -0.1) is 0 Å². The van der Waals surface area contributed by atoms with Gasteiger partial charge in [0.05, 0.1) is 5.56 Å². The van der Waals surface area contributed by atoms with Gasteiger partial charge in [0.15, 0.2) is 0 Å². The number of hydrogen-bond acceptors (Lipinski definition) is 1. The number of carboxylic acid groups (broad SMARTS) is 1. The van der Waals surface area contributed by atoms with E-state index in [2.05, 4.69) is 6.92 Å². The van der Waals surface area contributed by atoms with E-state index in [1.165, 1.54) is 30.5 Å². The van der Waals surface area contributed by atoms with Crippen molar-refractivity contribution in [2.24, 2.45) is 0 Å². The molecule has 0 saturated heterocycles. The summed E-state index contributed by atoms with van der Waals surface area (Å²) < 4.78 is 14.0. The molecule has 0 fully saturated rings. The first-order valence-corrected chi connectivity index (χ1v) is 7.24. The number of carboxylic acids is 1. The summed E-state index contributed by atoms with van der Waals surface area (Å²) in [6.07, 6.45) is 4.61. The minimum absolute atomic E-state index is 0.0348. The van der Waals surface area contributed by atoms with Crippen molar-refractivity contribution < 1.29 is 14.3 Å². The molecule has 2 nitrogen and oxygen atoms in total. The second kappa shape index (κ2) is 7.02. The highest BCUT2D eigenvalue weighted by molar-refractivity contribution is 5.88. The molecule has 0 saturated carbocycles. The van der Waals surface area contributed by atoms with Crippen LogP contribution in [-0.2, 0) is 6.42 Å². The Labute approximate surface area is 124 Å². The molecule has 0 heterocycles. The number of unbranched alkanes of at least 4 members (excludes halogenated alkanes) is 2. The summed E-state index contributed by atoms with van der Waals surface area (Å²) >= 11 is 0. The van der Waals surface area contributed by atoms with Crippen LogP contribution in [0.1, 0.15) is 42.1 Å². The van der Waals surface area contributed by atoms with Gasteiger partial charge < -0.3 is 5.11 Å². The summed E-state index contributed by atoms with van der Waals surface area (Å²) in [6.45, 7) is 2.17. The van der Waals surface area contributed by atoms with Crippen molar-refractivity contribution in [1.82, 2.24) is 0 Å². The molecule has 0 aliphatic heterocycles. The van der Waals surface area contributed by atoms with E-state index in [0.717, 1.165) is 24.5 Å². The van der Waals surface area contributed by atoms with Gasteiger partial charge in [-0.05, 0) is 36.1 Å². The van der Waals surface area contributed by atoms with E-state index in [1.54, 1.807) is 0 Å². The first kappa shape index (κ1) is 15.2. The number of halogens is 1. The van der Waals surface area contributed by atoms with Crippen LogP contribution in [0.3, 0.4) is 0 Å². The molecule has 0 radical (unpaired) electrons. The van der Waals surface area contributed by atoms with Gasteiger partial charge in [0.1, 0.15) is 5.82 Å². The van der Waals surface area contributed by atoms with E-state index in [9.17, 15) is 9.18 Å². The van der Waals surface area contributed by atoms with Crippen LogP contribution < -0.4 is 0 Å². The molecule has 0 amide bonds. The third-order valence-electron chi connectivity index (χ3n) is 3.55. The second-order valence-electron chi connectivity index (χ2n) is 5.15. The SMILES string of the molecule is CCCCCc1ccc(-c2ccc(C(=O)O)cc2F)cc1. The summed E-state index contributed by atoms with van der Waals surface area (Å²) in [5.74, 6) is -1.62. The highest BCUT2D eigenvalue weighted by Crippen LogP contribution is 2.24. The summed E-state index contributed by atoms with van der Waals surface area (Å²) in [5, 5.41) is 8.84. The van der Waals surface area contributed by atoms with Crippen LogP contribution >= 0.6 is 0 Å². The van der Waals surface area contributed by atoms with Gasteiger partial charge in [0.25, 0.3) is 0 Å². The standard InChI is InChI=1S/C18H19FO2/c1-2-3-4-5-13-6-8-14(9-7-13)16-11-10-15(18(20)21)12-17(16)19/h6-12H,2-5H2,1H3,(H,20,21). The van der Waals surface area contributed by atoms with Gasteiger partial charge in [-0.3, -0.25) is 0 Å². The molecular formula is C18H19FO2. The fourth-order valence-electron chi connectivity index (χ4n) is 2.31. The maximum Gasteiger partial charge on any atom is 0.335 e. The zero-order valence-electron chi connectivity index (χ0n) is 12.1. The van der Waals surface area contributed by atoms with Crippen LogP contribution in [0, 0.1) is 5.82 Å². The third-order valence-corrected chi connectivity index (χ3v) is 3.55. The zero-order valence-corrected chi connectivity index (χ0v) is 12.1. The molecule has 0 spiro atoms. The van der Waals surface area contributed by atoms with Crippen LogP contribution in [-0.4, -0.2) is 11.1 Å². The van der Waals surface area contributed by atoms with E-state index in [0.29, 0.717) is 5.56 Å². The van der Waals surface area contributed by atoms with Gasteiger partial charge >= 0.3 is 5.97 Å². The quantitative estimate of drug-likeness (QED) is 0.765.